The standard InChI is InChI=1S/C16H28O3/c1-6-15(7-2)10-16(11-15,14(18)19-8-3)13(17)9-12(4)5/h12H,6-11H2,1-5H3. The summed E-state index contributed by atoms with van der Waals surface area (Å²) >= 11 is 0. The van der Waals surface area contributed by atoms with Crippen LogP contribution in [0.15, 0.2) is 0 Å². The van der Waals surface area contributed by atoms with Crippen LogP contribution in [0.5, 0.6) is 0 Å². The number of ketones is 1. The predicted octanol–water partition coefficient (Wildman–Crippen LogP) is 3.75. The maximum atomic E-state index is 12.5. The van der Waals surface area contributed by atoms with Crippen LogP contribution in [0.1, 0.15) is 66.7 Å². The van der Waals surface area contributed by atoms with Gasteiger partial charge in [0.1, 0.15) is 11.2 Å². The van der Waals surface area contributed by atoms with Crippen LogP contribution >= 0.6 is 0 Å². The molecule has 0 heterocycles. The predicted molar refractivity (Wildman–Crippen MR) is 75.8 cm³/mol. The largest absolute Gasteiger partial charge is 0.465 e. The minimum atomic E-state index is -0.841. The Bertz CT molecular complexity index is 332. The summed E-state index contributed by atoms with van der Waals surface area (Å²) < 4.78 is 5.17. The maximum Gasteiger partial charge on any atom is 0.319 e. The third-order valence-corrected chi connectivity index (χ3v) is 4.65. The Kier molecular flexibility index (Phi) is 5.17. The van der Waals surface area contributed by atoms with Crippen molar-refractivity contribution in [3.05, 3.63) is 0 Å². The average molecular weight is 268 g/mol. The smallest absolute Gasteiger partial charge is 0.319 e. The van der Waals surface area contributed by atoms with Crippen LogP contribution in [-0.4, -0.2) is 18.4 Å². The molecule has 0 amide bonds. The number of ether oxygens (including phenoxy) is 1. The molecule has 1 aliphatic rings. The molecule has 1 aliphatic carbocycles. The van der Waals surface area contributed by atoms with Gasteiger partial charge in [-0.05, 0) is 31.1 Å². The molecule has 0 saturated heterocycles. The third-order valence-electron chi connectivity index (χ3n) is 4.65. The van der Waals surface area contributed by atoms with Gasteiger partial charge in [0.05, 0.1) is 6.61 Å². The summed E-state index contributed by atoms with van der Waals surface area (Å²) in [5, 5.41) is 0. The molecule has 0 atom stereocenters. The highest BCUT2D eigenvalue weighted by atomic mass is 16.5. The number of carbonyl (C=O) groups is 2. The zero-order valence-electron chi connectivity index (χ0n) is 13.0. The molecule has 0 bridgehead atoms. The van der Waals surface area contributed by atoms with E-state index >= 15 is 0 Å². The van der Waals surface area contributed by atoms with Gasteiger partial charge in [-0.2, -0.15) is 0 Å². The van der Waals surface area contributed by atoms with Crippen LogP contribution in [0.25, 0.3) is 0 Å². The van der Waals surface area contributed by atoms with Gasteiger partial charge < -0.3 is 4.74 Å². The van der Waals surface area contributed by atoms with E-state index in [1.807, 2.05) is 13.8 Å². The van der Waals surface area contributed by atoms with Crippen LogP contribution in [0.4, 0.5) is 0 Å². The van der Waals surface area contributed by atoms with Crippen LogP contribution in [-0.2, 0) is 14.3 Å². The van der Waals surface area contributed by atoms with E-state index in [0.29, 0.717) is 25.9 Å². The molecule has 3 nitrogen and oxygen atoms in total. The molecule has 0 aliphatic heterocycles. The molecule has 19 heavy (non-hydrogen) atoms. The second-order valence-corrected chi connectivity index (χ2v) is 6.38. The van der Waals surface area contributed by atoms with Gasteiger partial charge in [-0.3, -0.25) is 9.59 Å². The van der Waals surface area contributed by atoms with Gasteiger partial charge in [0.2, 0.25) is 0 Å². The van der Waals surface area contributed by atoms with E-state index in [4.69, 9.17) is 4.74 Å². The lowest BCUT2D eigenvalue weighted by molar-refractivity contribution is -0.178. The first kappa shape index (κ1) is 16.2. The number of Topliss-reactive ketones (excluding diaryl/α,β-unsaturated/α-hetero) is 1. The fourth-order valence-corrected chi connectivity index (χ4v) is 3.27. The van der Waals surface area contributed by atoms with E-state index in [1.165, 1.54) is 0 Å². The molecule has 1 rings (SSSR count). The first-order valence-electron chi connectivity index (χ1n) is 7.56. The van der Waals surface area contributed by atoms with E-state index in [1.54, 1.807) is 6.92 Å². The molecule has 0 unspecified atom stereocenters. The van der Waals surface area contributed by atoms with Crippen molar-refractivity contribution in [2.24, 2.45) is 16.7 Å². The van der Waals surface area contributed by atoms with Crippen molar-refractivity contribution < 1.29 is 14.3 Å². The summed E-state index contributed by atoms with van der Waals surface area (Å²) in [7, 11) is 0. The fourth-order valence-electron chi connectivity index (χ4n) is 3.27. The first-order chi connectivity index (χ1) is 8.85. The van der Waals surface area contributed by atoms with Gasteiger partial charge in [0, 0.05) is 6.42 Å². The summed E-state index contributed by atoms with van der Waals surface area (Å²) in [6.45, 7) is 10.5. The van der Waals surface area contributed by atoms with Gasteiger partial charge in [-0.25, -0.2) is 0 Å². The van der Waals surface area contributed by atoms with Crippen LogP contribution in [0.2, 0.25) is 0 Å². The number of hydrogen-bond donors (Lipinski definition) is 0. The van der Waals surface area contributed by atoms with Gasteiger partial charge in [-0.1, -0.05) is 40.5 Å². The molecule has 1 fully saturated rings. The van der Waals surface area contributed by atoms with Crippen molar-refractivity contribution in [2.75, 3.05) is 6.61 Å². The maximum absolute atomic E-state index is 12.5. The molecule has 1 saturated carbocycles. The topological polar surface area (TPSA) is 43.4 Å². The van der Waals surface area contributed by atoms with Crippen molar-refractivity contribution in [3.8, 4) is 0 Å². The summed E-state index contributed by atoms with van der Waals surface area (Å²) in [5.41, 5.74) is -0.675. The molecule has 3 heteroatoms. The molecule has 0 radical (unpaired) electrons. The SMILES string of the molecule is CCOC(=O)C1(C(=O)CC(C)C)CC(CC)(CC)C1. The molecule has 0 spiro atoms. The van der Waals surface area contributed by atoms with Crippen molar-refractivity contribution in [2.45, 2.75) is 66.7 Å². The Hall–Kier alpha value is -0.860. The number of rotatable bonds is 7. The van der Waals surface area contributed by atoms with Crippen molar-refractivity contribution in [1.82, 2.24) is 0 Å². The first-order valence-corrected chi connectivity index (χ1v) is 7.56. The van der Waals surface area contributed by atoms with Crippen LogP contribution in [0.3, 0.4) is 0 Å². The minimum Gasteiger partial charge on any atom is -0.465 e. The molecule has 0 aromatic heterocycles. The summed E-state index contributed by atoms with van der Waals surface area (Å²) in [4.78, 5) is 24.7. The lowest BCUT2D eigenvalue weighted by atomic mass is 9.48. The summed E-state index contributed by atoms with van der Waals surface area (Å²) in [5.74, 6) is 0.0775. The quantitative estimate of drug-likeness (QED) is 0.521. The lowest BCUT2D eigenvalue weighted by Crippen LogP contribution is -2.56. The minimum absolute atomic E-state index is 0.0819. The van der Waals surface area contributed by atoms with Crippen molar-refractivity contribution >= 4 is 11.8 Å². The zero-order chi connectivity index (χ0) is 14.7. The van der Waals surface area contributed by atoms with Crippen molar-refractivity contribution in [1.29, 1.82) is 0 Å². The Morgan fingerprint density at radius 2 is 1.63 bits per heavy atom. The number of esters is 1. The zero-order valence-corrected chi connectivity index (χ0v) is 13.0. The highest BCUT2D eigenvalue weighted by Gasteiger charge is 2.61. The van der Waals surface area contributed by atoms with E-state index in [2.05, 4.69) is 13.8 Å². The van der Waals surface area contributed by atoms with E-state index in [-0.39, 0.29) is 23.1 Å². The number of hydrogen-bond acceptors (Lipinski definition) is 3. The Labute approximate surface area is 117 Å². The Balaban J connectivity index is 2.90. The molecular weight excluding hydrogens is 240 g/mol. The van der Waals surface area contributed by atoms with E-state index in [9.17, 15) is 9.59 Å². The van der Waals surface area contributed by atoms with E-state index < -0.39 is 5.41 Å². The summed E-state index contributed by atoms with van der Waals surface area (Å²) in [6, 6.07) is 0. The average Bonchev–Trinajstić information content (AvgIpc) is 2.28. The Morgan fingerprint density at radius 1 is 1.11 bits per heavy atom. The molecular formula is C16H28O3. The van der Waals surface area contributed by atoms with Crippen LogP contribution < -0.4 is 0 Å². The van der Waals surface area contributed by atoms with Gasteiger partial charge in [-0.15, -0.1) is 0 Å². The second kappa shape index (κ2) is 6.06. The van der Waals surface area contributed by atoms with Gasteiger partial charge >= 0.3 is 5.97 Å². The highest BCUT2D eigenvalue weighted by molar-refractivity contribution is 6.05. The lowest BCUT2D eigenvalue weighted by Gasteiger charge is -2.53. The fraction of sp³-hybridized carbons (Fsp3) is 0.875. The number of carbonyl (C=O) groups excluding carboxylic acids is 2. The van der Waals surface area contributed by atoms with E-state index in [0.717, 1.165) is 12.8 Å². The normalized spacial score (nSPS) is 19.9. The third kappa shape index (κ3) is 3.01. The molecule has 110 valence electrons. The Morgan fingerprint density at radius 3 is 2.00 bits per heavy atom. The monoisotopic (exact) mass is 268 g/mol. The molecule has 0 aromatic carbocycles. The van der Waals surface area contributed by atoms with Crippen molar-refractivity contribution in [3.63, 3.8) is 0 Å². The highest BCUT2D eigenvalue weighted by Crippen LogP contribution is 2.59. The molecule has 0 aromatic rings. The van der Waals surface area contributed by atoms with Crippen LogP contribution in [0, 0.1) is 16.7 Å². The summed E-state index contributed by atoms with van der Waals surface area (Å²) in [6.07, 6.45) is 3.89. The second-order valence-electron chi connectivity index (χ2n) is 6.38. The van der Waals surface area contributed by atoms with Gasteiger partial charge in [0.25, 0.3) is 0 Å². The van der Waals surface area contributed by atoms with Gasteiger partial charge in [0.15, 0.2) is 0 Å². The molecule has 0 N–H and O–H groups in total.